The molecule has 0 unspecified atom stereocenters. The molecule has 0 heterocycles. The molecule has 0 aliphatic rings. The van der Waals surface area contributed by atoms with E-state index in [1.807, 2.05) is 0 Å². The molecule has 0 aliphatic heterocycles. The SMILES string of the molecule is Cc1ccc(NC=O)c(C(=O)C(=O)O)c1Br. The number of carbonyl (C=O) groups excluding carboxylic acids is 2. The standard InChI is InChI=1S/C10H8BrNO4/c1-5-2-3-6(12-4-13)7(8(5)11)9(14)10(15)16/h2-4H,1H3,(H,12,13)(H,15,16). The molecular formula is C10H8BrNO4. The van der Waals surface area contributed by atoms with Gasteiger partial charge in [0, 0.05) is 4.47 Å². The van der Waals surface area contributed by atoms with Crippen LogP contribution in [0.15, 0.2) is 16.6 Å². The Labute approximate surface area is 99.6 Å². The number of carbonyl (C=O) groups is 3. The van der Waals surface area contributed by atoms with Gasteiger partial charge in [-0.3, -0.25) is 9.59 Å². The summed E-state index contributed by atoms with van der Waals surface area (Å²) < 4.78 is 0.367. The molecule has 0 atom stereocenters. The first-order valence-corrected chi connectivity index (χ1v) is 5.05. The van der Waals surface area contributed by atoms with Gasteiger partial charge in [-0.05, 0) is 34.5 Å². The molecule has 1 aromatic rings. The van der Waals surface area contributed by atoms with E-state index in [4.69, 9.17) is 5.11 Å². The highest BCUT2D eigenvalue weighted by molar-refractivity contribution is 9.10. The van der Waals surface area contributed by atoms with Gasteiger partial charge in [0.05, 0.1) is 11.3 Å². The van der Waals surface area contributed by atoms with Crippen LogP contribution in [-0.4, -0.2) is 23.3 Å². The van der Waals surface area contributed by atoms with Crippen LogP contribution in [-0.2, 0) is 9.59 Å². The van der Waals surface area contributed by atoms with E-state index in [2.05, 4.69) is 21.2 Å². The number of carboxylic acid groups (broad SMARTS) is 1. The molecule has 1 aromatic carbocycles. The molecule has 0 aromatic heterocycles. The fraction of sp³-hybridized carbons (Fsp3) is 0.100. The second-order valence-corrected chi connectivity index (χ2v) is 3.81. The van der Waals surface area contributed by atoms with Crippen molar-refractivity contribution in [2.45, 2.75) is 6.92 Å². The van der Waals surface area contributed by atoms with E-state index in [1.165, 1.54) is 6.07 Å². The van der Waals surface area contributed by atoms with Crippen LogP contribution in [0.2, 0.25) is 0 Å². The van der Waals surface area contributed by atoms with Crippen molar-refractivity contribution in [3.63, 3.8) is 0 Å². The highest BCUT2D eigenvalue weighted by Crippen LogP contribution is 2.28. The molecule has 0 radical (unpaired) electrons. The number of aryl methyl sites for hydroxylation is 1. The van der Waals surface area contributed by atoms with Crippen molar-refractivity contribution < 1.29 is 19.5 Å². The summed E-state index contributed by atoms with van der Waals surface area (Å²) in [5.74, 6) is -2.64. The minimum Gasteiger partial charge on any atom is -0.475 e. The lowest BCUT2D eigenvalue weighted by atomic mass is 10.1. The first-order valence-electron chi connectivity index (χ1n) is 4.26. The number of hydrogen-bond donors (Lipinski definition) is 2. The summed E-state index contributed by atoms with van der Waals surface area (Å²) in [6.45, 7) is 1.72. The molecule has 5 nitrogen and oxygen atoms in total. The Morgan fingerprint density at radius 3 is 2.56 bits per heavy atom. The molecule has 84 valence electrons. The van der Waals surface area contributed by atoms with E-state index in [0.717, 1.165) is 0 Å². The van der Waals surface area contributed by atoms with Crippen molar-refractivity contribution >= 4 is 39.8 Å². The minimum absolute atomic E-state index is 0.0559. The van der Waals surface area contributed by atoms with Crippen molar-refractivity contribution in [2.75, 3.05) is 5.32 Å². The maximum Gasteiger partial charge on any atom is 0.377 e. The maximum atomic E-state index is 11.4. The molecule has 2 N–H and O–H groups in total. The van der Waals surface area contributed by atoms with Gasteiger partial charge in [0.2, 0.25) is 6.41 Å². The predicted octanol–water partition coefficient (Wildman–Crippen LogP) is 1.59. The molecule has 0 bridgehead atoms. The number of ketones is 1. The van der Waals surface area contributed by atoms with Gasteiger partial charge in [-0.2, -0.15) is 0 Å². The Hall–Kier alpha value is -1.69. The predicted molar refractivity (Wildman–Crippen MR) is 60.5 cm³/mol. The zero-order chi connectivity index (χ0) is 12.3. The third-order valence-electron chi connectivity index (χ3n) is 1.97. The molecule has 0 saturated heterocycles. The molecule has 0 fully saturated rings. The first-order chi connectivity index (χ1) is 7.49. The zero-order valence-electron chi connectivity index (χ0n) is 8.28. The fourth-order valence-electron chi connectivity index (χ4n) is 1.19. The highest BCUT2D eigenvalue weighted by Gasteiger charge is 2.22. The molecule has 16 heavy (non-hydrogen) atoms. The molecular weight excluding hydrogens is 278 g/mol. The van der Waals surface area contributed by atoms with E-state index in [9.17, 15) is 14.4 Å². The van der Waals surface area contributed by atoms with Gasteiger partial charge in [-0.1, -0.05) is 6.07 Å². The van der Waals surface area contributed by atoms with Crippen LogP contribution in [0, 0.1) is 6.92 Å². The van der Waals surface area contributed by atoms with E-state index in [1.54, 1.807) is 13.0 Å². The Kier molecular flexibility index (Phi) is 3.78. The van der Waals surface area contributed by atoms with Gasteiger partial charge in [-0.15, -0.1) is 0 Å². The van der Waals surface area contributed by atoms with Gasteiger partial charge < -0.3 is 10.4 Å². The third kappa shape index (κ3) is 2.27. The molecule has 0 spiro atoms. The van der Waals surface area contributed by atoms with Crippen molar-refractivity contribution in [3.05, 3.63) is 27.7 Å². The number of rotatable bonds is 4. The van der Waals surface area contributed by atoms with Gasteiger partial charge >= 0.3 is 5.97 Å². The lowest BCUT2D eigenvalue weighted by molar-refractivity contribution is -0.131. The average molecular weight is 286 g/mol. The normalized spacial score (nSPS) is 9.62. The molecule has 6 heteroatoms. The fourth-order valence-corrected chi connectivity index (χ4v) is 1.72. The number of Topliss-reactive ketones (excluding diaryl/α,β-unsaturated/α-hetero) is 1. The maximum absolute atomic E-state index is 11.4. The van der Waals surface area contributed by atoms with Crippen LogP contribution in [0.4, 0.5) is 5.69 Å². The van der Waals surface area contributed by atoms with E-state index >= 15 is 0 Å². The van der Waals surface area contributed by atoms with E-state index < -0.39 is 11.8 Å². The van der Waals surface area contributed by atoms with Crippen LogP contribution >= 0.6 is 15.9 Å². The van der Waals surface area contributed by atoms with Crippen molar-refractivity contribution in [1.29, 1.82) is 0 Å². The number of amides is 1. The monoisotopic (exact) mass is 285 g/mol. The highest BCUT2D eigenvalue weighted by atomic mass is 79.9. The lowest BCUT2D eigenvalue weighted by Crippen LogP contribution is -2.16. The summed E-state index contributed by atoms with van der Waals surface area (Å²) in [6, 6.07) is 3.14. The number of benzene rings is 1. The van der Waals surface area contributed by atoms with Gasteiger partial charge in [-0.25, -0.2) is 4.79 Å². The zero-order valence-corrected chi connectivity index (χ0v) is 9.87. The molecule has 0 aliphatic carbocycles. The van der Waals surface area contributed by atoms with Crippen molar-refractivity contribution in [2.24, 2.45) is 0 Å². The second kappa shape index (κ2) is 4.89. The van der Waals surface area contributed by atoms with Crippen LogP contribution in [0.1, 0.15) is 15.9 Å². The van der Waals surface area contributed by atoms with Gasteiger partial charge in [0.25, 0.3) is 5.78 Å². The van der Waals surface area contributed by atoms with Crippen LogP contribution in [0.3, 0.4) is 0 Å². The summed E-state index contributed by atoms with van der Waals surface area (Å²) in [5.41, 5.74) is 0.820. The Balaban J connectivity index is 3.42. The van der Waals surface area contributed by atoms with E-state index in [0.29, 0.717) is 16.4 Å². The number of carboxylic acids is 1. The largest absolute Gasteiger partial charge is 0.475 e. The number of hydrogen-bond acceptors (Lipinski definition) is 3. The summed E-state index contributed by atoms with van der Waals surface area (Å²) in [4.78, 5) is 32.4. The van der Waals surface area contributed by atoms with Crippen LogP contribution in [0.25, 0.3) is 0 Å². The van der Waals surface area contributed by atoms with Gasteiger partial charge in [0.1, 0.15) is 0 Å². The van der Waals surface area contributed by atoms with Crippen molar-refractivity contribution in [1.82, 2.24) is 0 Å². The van der Waals surface area contributed by atoms with Crippen molar-refractivity contribution in [3.8, 4) is 0 Å². The Bertz CT molecular complexity index is 470. The topological polar surface area (TPSA) is 83.5 Å². The quantitative estimate of drug-likeness (QED) is 0.500. The van der Waals surface area contributed by atoms with Crippen LogP contribution < -0.4 is 5.32 Å². The van der Waals surface area contributed by atoms with E-state index in [-0.39, 0.29) is 11.3 Å². The number of halogens is 1. The minimum atomic E-state index is -1.57. The number of nitrogens with one attached hydrogen (secondary N) is 1. The summed E-state index contributed by atoms with van der Waals surface area (Å²) in [5, 5.41) is 10.9. The average Bonchev–Trinajstić information content (AvgIpc) is 2.23. The molecule has 1 amide bonds. The first kappa shape index (κ1) is 12.4. The second-order valence-electron chi connectivity index (χ2n) is 3.02. The summed E-state index contributed by atoms with van der Waals surface area (Å²) in [7, 11) is 0. The lowest BCUT2D eigenvalue weighted by Gasteiger charge is -2.09. The molecule has 0 saturated carbocycles. The van der Waals surface area contributed by atoms with Crippen LogP contribution in [0.5, 0.6) is 0 Å². The molecule has 1 rings (SSSR count). The Morgan fingerprint density at radius 2 is 2.06 bits per heavy atom. The smallest absolute Gasteiger partial charge is 0.377 e. The number of anilines is 1. The van der Waals surface area contributed by atoms with Gasteiger partial charge in [0.15, 0.2) is 0 Å². The number of aliphatic carboxylic acids is 1. The summed E-state index contributed by atoms with van der Waals surface area (Å²) in [6.07, 6.45) is 0.385. The Morgan fingerprint density at radius 1 is 1.44 bits per heavy atom. The summed E-state index contributed by atoms with van der Waals surface area (Å²) >= 11 is 3.13. The third-order valence-corrected chi connectivity index (χ3v) is 2.99.